The van der Waals surface area contributed by atoms with Gasteiger partial charge in [-0.2, -0.15) is 5.10 Å². The van der Waals surface area contributed by atoms with Crippen molar-refractivity contribution >= 4 is 16.9 Å². The molecule has 3 aromatic rings. The molecule has 126 valence electrons. The quantitative estimate of drug-likeness (QED) is 0.727. The average Bonchev–Trinajstić information content (AvgIpc) is 3.03. The number of anilines is 1. The summed E-state index contributed by atoms with van der Waals surface area (Å²) in [5, 5.41) is 18.2. The van der Waals surface area contributed by atoms with E-state index in [4.69, 9.17) is 0 Å². The fourth-order valence-corrected chi connectivity index (χ4v) is 2.69. The molecule has 2 N–H and O–H groups in total. The number of rotatable bonds is 6. The second-order valence-electron chi connectivity index (χ2n) is 6.20. The predicted molar refractivity (Wildman–Crippen MR) is 90.1 cm³/mol. The van der Waals surface area contributed by atoms with Crippen LogP contribution in [0.2, 0.25) is 0 Å². The summed E-state index contributed by atoms with van der Waals surface area (Å²) in [6.07, 6.45) is 2.41. The molecule has 3 rings (SSSR count). The van der Waals surface area contributed by atoms with Crippen molar-refractivity contribution in [3.05, 3.63) is 48.2 Å². The monoisotopic (exact) mass is 329 g/mol. The Balaban J connectivity index is 1.89. The zero-order chi connectivity index (χ0) is 17.1. The zero-order valence-electron chi connectivity index (χ0n) is 13.6. The van der Waals surface area contributed by atoms with E-state index < -0.39 is 6.10 Å². The van der Waals surface area contributed by atoms with Crippen molar-refractivity contribution in [1.29, 1.82) is 0 Å². The lowest BCUT2D eigenvalue weighted by molar-refractivity contribution is 0.182. The summed E-state index contributed by atoms with van der Waals surface area (Å²) in [5.74, 6) is 0.784. The van der Waals surface area contributed by atoms with Crippen molar-refractivity contribution < 1.29 is 9.50 Å². The van der Waals surface area contributed by atoms with Gasteiger partial charge in [-0.15, -0.1) is 0 Å². The summed E-state index contributed by atoms with van der Waals surface area (Å²) in [5.41, 5.74) is 1.33. The summed E-state index contributed by atoms with van der Waals surface area (Å²) in [7, 11) is 0. The number of fused-ring (bicyclic) bond motifs is 1. The van der Waals surface area contributed by atoms with E-state index in [1.165, 1.54) is 18.5 Å². The van der Waals surface area contributed by atoms with Gasteiger partial charge < -0.3 is 10.0 Å². The van der Waals surface area contributed by atoms with Gasteiger partial charge in [0.15, 0.2) is 5.65 Å². The molecule has 0 bridgehead atoms. The highest BCUT2D eigenvalue weighted by Crippen LogP contribution is 2.25. The summed E-state index contributed by atoms with van der Waals surface area (Å²) >= 11 is 0. The summed E-state index contributed by atoms with van der Waals surface area (Å²) in [6.45, 7) is 5.27. The zero-order valence-corrected chi connectivity index (χ0v) is 13.6. The Kier molecular flexibility index (Phi) is 4.71. The highest BCUT2D eigenvalue weighted by Gasteiger charge is 2.19. The number of nitrogens with zero attached hydrogens (tertiary/aromatic N) is 4. The number of aromatic amines is 1. The van der Waals surface area contributed by atoms with Crippen LogP contribution in [0, 0.1) is 11.7 Å². The van der Waals surface area contributed by atoms with Crippen LogP contribution in [-0.4, -0.2) is 38.4 Å². The maximum atomic E-state index is 13.1. The molecule has 0 aliphatic carbocycles. The van der Waals surface area contributed by atoms with Crippen LogP contribution in [0.5, 0.6) is 0 Å². The van der Waals surface area contributed by atoms with Gasteiger partial charge in [0.1, 0.15) is 18.0 Å². The first-order valence-corrected chi connectivity index (χ1v) is 7.87. The largest absolute Gasteiger partial charge is 0.387 e. The third-order valence-corrected chi connectivity index (χ3v) is 3.76. The molecule has 7 heteroatoms. The fourth-order valence-electron chi connectivity index (χ4n) is 2.69. The van der Waals surface area contributed by atoms with E-state index in [2.05, 4.69) is 34.0 Å². The van der Waals surface area contributed by atoms with E-state index in [1.54, 1.807) is 18.3 Å². The van der Waals surface area contributed by atoms with Crippen molar-refractivity contribution in [3.8, 4) is 0 Å². The maximum Gasteiger partial charge on any atom is 0.160 e. The second kappa shape index (κ2) is 6.92. The SMILES string of the molecule is CC(C)CN(CC(O)c1ccc(F)cc1)c1ncnc2[nH]ncc12. The lowest BCUT2D eigenvalue weighted by atomic mass is 10.1. The molecule has 0 radical (unpaired) electrons. The van der Waals surface area contributed by atoms with Gasteiger partial charge in [0.25, 0.3) is 0 Å². The van der Waals surface area contributed by atoms with Crippen molar-refractivity contribution in [2.75, 3.05) is 18.0 Å². The number of halogens is 1. The molecular formula is C17H20FN5O. The van der Waals surface area contributed by atoms with Crippen molar-refractivity contribution in [1.82, 2.24) is 20.2 Å². The minimum absolute atomic E-state index is 0.319. The third kappa shape index (κ3) is 3.51. The Labute approximate surface area is 139 Å². The number of aromatic nitrogens is 4. The highest BCUT2D eigenvalue weighted by atomic mass is 19.1. The number of hydrogen-bond acceptors (Lipinski definition) is 5. The first-order chi connectivity index (χ1) is 11.5. The van der Waals surface area contributed by atoms with Gasteiger partial charge in [0.05, 0.1) is 17.7 Å². The highest BCUT2D eigenvalue weighted by molar-refractivity contribution is 5.86. The number of aliphatic hydroxyl groups is 1. The average molecular weight is 329 g/mol. The van der Waals surface area contributed by atoms with Crippen LogP contribution in [0.15, 0.2) is 36.8 Å². The van der Waals surface area contributed by atoms with Gasteiger partial charge in [0.2, 0.25) is 0 Å². The third-order valence-electron chi connectivity index (χ3n) is 3.76. The molecule has 6 nitrogen and oxygen atoms in total. The van der Waals surface area contributed by atoms with Gasteiger partial charge in [-0.3, -0.25) is 5.10 Å². The fraction of sp³-hybridized carbons (Fsp3) is 0.353. The number of benzene rings is 1. The Morgan fingerprint density at radius 1 is 1.17 bits per heavy atom. The van der Waals surface area contributed by atoms with E-state index in [1.807, 2.05) is 4.90 Å². The molecule has 1 unspecified atom stereocenters. The molecule has 0 aliphatic rings. The Hall–Kier alpha value is -2.54. The summed E-state index contributed by atoms with van der Waals surface area (Å²) < 4.78 is 13.1. The Morgan fingerprint density at radius 2 is 1.92 bits per heavy atom. The lowest BCUT2D eigenvalue weighted by Gasteiger charge is -2.28. The molecule has 0 spiro atoms. The molecule has 1 atom stereocenters. The standard InChI is InChI=1S/C17H20FN5O/c1-11(2)8-23(9-15(24)12-3-5-13(18)6-4-12)17-14-7-21-22-16(14)19-10-20-17/h3-7,10-11,15,24H,8-9H2,1-2H3,(H,19,20,21,22). The topological polar surface area (TPSA) is 77.9 Å². The molecule has 2 aromatic heterocycles. The molecule has 24 heavy (non-hydrogen) atoms. The van der Waals surface area contributed by atoms with E-state index in [-0.39, 0.29) is 5.82 Å². The summed E-state index contributed by atoms with van der Waals surface area (Å²) in [4.78, 5) is 10.5. The van der Waals surface area contributed by atoms with Crippen LogP contribution in [0.25, 0.3) is 11.0 Å². The minimum Gasteiger partial charge on any atom is -0.387 e. The lowest BCUT2D eigenvalue weighted by Crippen LogP contribution is -2.33. The number of H-pyrrole nitrogens is 1. The molecule has 0 saturated heterocycles. The van der Waals surface area contributed by atoms with Crippen LogP contribution in [-0.2, 0) is 0 Å². The van der Waals surface area contributed by atoms with Crippen LogP contribution in [0.3, 0.4) is 0 Å². The van der Waals surface area contributed by atoms with Crippen LogP contribution >= 0.6 is 0 Å². The molecular weight excluding hydrogens is 309 g/mol. The van der Waals surface area contributed by atoms with E-state index in [0.717, 1.165) is 17.7 Å². The van der Waals surface area contributed by atoms with Crippen LogP contribution in [0.4, 0.5) is 10.2 Å². The number of hydrogen-bond donors (Lipinski definition) is 2. The van der Waals surface area contributed by atoms with E-state index in [9.17, 15) is 9.50 Å². The number of aliphatic hydroxyl groups excluding tert-OH is 1. The van der Waals surface area contributed by atoms with Gasteiger partial charge in [0, 0.05) is 13.1 Å². The molecule has 0 fully saturated rings. The van der Waals surface area contributed by atoms with Gasteiger partial charge in [-0.1, -0.05) is 26.0 Å². The van der Waals surface area contributed by atoms with Crippen molar-refractivity contribution in [2.24, 2.45) is 5.92 Å². The molecule has 1 aromatic carbocycles. The molecule has 0 amide bonds. The van der Waals surface area contributed by atoms with E-state index in [0.29, 0.717) is 23.7 Å². The Morgan fingerprint density at radius 3 is 2.62 bits per heavy atom. The number of nitrogens with one attached hydrogen (secondary N) is 1. The summed E-state index contributed by atoms with van der Waals surface area (Å²) in [6, 6.07) is 5.90. The maximum absolute atomic E-state index is 13.1. The van der Waals surface area contributed by atoms with Crippen LogP contribution < -0.4 is 4.90 Å². The normalized spacial score (nSPS) is 12.7. The molecule has 0 aliphatic heterocycles. The van der Waals surface area contributed by atoms with Gasteiger partial charge >= 0.3 is 0 Å². The smallest absolute Gasteiger partial charge is 0.160 e. The van der Waals surface area contributed by atoms with E-state index >= 15 is 0 Å². The minimum atomic E-state index is -0.749. The van der Waals surface area contributed by atoms with Crippen LogP contribution in [0.1, 0.15) is 25.5 Å². The molecule has 0 saturated carbocycles. The van der Waals surface area contributed by atoms with Crippen molar-refractivity contribution in [2.45, 2.75) is 20.0 Å². The second-order valence-corrected chi connectivity index (χ2v) is 6.20. The first kappa shape index (κ1) is 16.3. The first-order valence-electron chi connectivity index (χ1n) is 7.87. The van der Waals surface area contributed by atoms with Gasteiger partial charge in [-0.25, -0.2) is 14.4 Å². The Bertz CT molecular complexity index is 802. The predicted octanol–water partition coefficient (Wildman–Crippen LogP) is 2.69. The van der Waals surface area contributed by atoms with Crippen molar-refractivity contribution in [3.63, 3.8) is 0 Å². The van der Waals surface area contributed by atoms with Gasteiger partial charge in [-0.05, 0) is 23.6 Å². The molecule has 2 heterocycles.